The number of hydrogen-bond donors (Lipinski definition) is 3. The van der Waals surface area contributed by atoms with Crippen molar-refractivity contribution in [2.45, 2.75) is 33.2 Å². The fourth-order valence-electron chi connectivity index (χ4n) is 2.13. The van der Waals surface area contributed by atoms with Crippen molar-refractivity contribution >= 4 is 11.9 Å². The molecule has 1 rings (SSSR count). The number of hydrogen-bond acceptors (Lipinski definition) is 3. The fourth-order valence-corrected chi connectivity index (χ4v) is 2.13. The minimum Gasteiger partial charge on any atom is -0.480 e. The molecule has 0 aliphatic carbocycles. The summed E-state index contributed by atoms with van der Waals surface area (Å²) in [5.41, 5.74) is 0. The predicted molar refractivity (Wildman–Crippen MR) is 64.5 cm³/mol. The van der Waals surface area contributed by atoms with Crippen LogP contribution in [0, 0.1) is 17.8 Å². The maximum Gasteiger partial charge on any atom is 0.326 e. The van der Waals surface area contributed by atoms with Gasteiger partial charge in [0.15, 0.2) is 0 Å². The summed E-state index contributed by atoms with van der Waals surface area (Å²) < 4.78 is 0. The molecule has 3 N–H and O–H groups in total. The Labute approximate surface area is 102 Å². The van der Waals surface area contributed by atoms with Crippen molar-refractivity contribution in [2.75, 3.05) is 13.1 Å². The highest BCUT2D eigenvalue weighted by atomic mass is 16.4. The third-order valence-corrected chi connectivity index (χ3v) is 3.18. The highest BCUT2D eigenvalue weighted by Crippen LogP contribution is 2.16. The zero-order chi connectivity index (χ0) is 13.0. The molecular formula is C12H22N2O3. The molecule has 0 saturated carbocycles. The first-order chi connectivity index (χ1) is 7.91. The average molecular weight is 242 g/mol. The molecule has 1 amide bonds. The Morgan fingerprint density at radius 1 is 1.41 bits per heavy atom. The van der Waals surface area contributed by atoms with E-state index in [1.165, 1.54) is 0 Å². The van der Waals surface area contributed by atoms with Crippen LogP contribution in [0.25, 0.3) is 0 Å². The number of carbonyl (C=O) groups is 2. The van der Waals surface area contributed by atoms with Gasteiger partial charge < -0.3 is 15.7 Å². The highest BCUT2D eigenvalue weighted by Gasteiger charge is 2.32. The van der Waals surface area contributed by atoms with Gasteiger partial charge in [0.1, 0.15) is 6.04 Å². The Morgan fingerprint density at radius 3 is 2.47 bits per heavy atom. The molecule has 17 heavy (non-hydrogen) atoms. The van der Waals surface area contributed by atoms with E-state index in [4.69, 9.17) is 5.11 Å². The Hall–Kier alpha value is -1.10. The van der Waals surface area contributed by atoms with Crippen molar-refractivity contribution in [3.8, 4) is 0 Å². The van der Waals surface area contributed by atoms with Crippen LogP contribution in [-0.4, -0.2) is 36.1 Å². The molecule has 0 aromatic rings. The van der Waals surface area contributed by atoms with Gasteiger partial charge in [-0.15, -0.1) is 0 Å². The first kappa shape index (κ1) is 14.0. The molecule has 3 unspecified atom stereocenters. The van der Waals surface area contributed by atoms with Crippen molar-refractivity contribution in [2.24, 2.45) is 17.8 Å². The molecule has 0 aromatic carbocycles. The maximum atomic E-state index is 11.9. The van der Waals surface area contributed by atoms with Gasteiger partial charge in [0.25, 0.3) is 0 Å². The van der Waals surface area contributed by atoms with Crippen LogP contribution in [-0.2, 0) is 9.59 Å². The Bertz CT molecular complexity index is 291. The monoisotopic (exact) mass is 242 g/mol. The van der Waals surface area contributed by atoms with Crippen LogP contribution < -0.4 is 10.6 Å². The molecule has 0 radical (unpaired) electrons. The Kier molecular flexibility index (Phi) is 4.93. The van der Waals surface area contributed by atoms with E-state index in [1.54, 1.807) is 0 Å². The van der Waals surface area contributed by atoms with E-state index in [0.29, 0.717) is 13.0 Å². The van der Waals surface area contributed by atoms with Crippen LogP contribution in [0.3, 0.4) is 0 Å². The second-order valence-electron chi connectivity index (χ2n) is 5.27. The predicted octanol–water partition coefficient (Wildman–Crippen LogP) is 0.457. The van der Waals surface area contributed by atoms with Gasteiger partial charge in [-0.05, 0) is 24.8 Å². The van der Waals surface area contributed by atoms with E-state index in [0.717, 1.165) is 6.54 Å². The minimum absolute atomic E-state index is 0.107. The minimum atomic E-state index is -0.953. The van der Waals surface area contributed by atoms with Gasteiger partial charge >= 0.3 is 5.97 Å². The second-order valence-corrected chi connectivity index (χ2v) is 5.27. The van der Waals surface area contributed by atoms with Crippen LogP contribution >= 0.6 is 0 Å². The van der Waals surface area contributed by atoms with Crippen LogP contribution in [0.4, 0.5) is 0 Å². The van der Waals surface area contributed by atoms with Crippen LogP contribution in [0.1, 0.15) is 27.2 Å². The number of rotatable bonds is 5. The van der Waals surface area contributed by atoms with Gasteiger partial charge in [-0.3, -0.25) is 4.79 Å². The van der Waals surface area contributed by atoms with E-state index in [2.05, 4.69) is 10.6 Å². The molecule has 5 heteroatoms. The Morgan fingerprint density at radius 2 is 2.06 bits per heavy atom. The van der Waals surface area contributed by atoms with E-state index < -0.39 is 12.0 Å². The molecule has 1 heterocycles. The molecule has 1 aliphatic heterocycles. The molecule has 3 atom stereocenters. The van der Waals surface area contributed by atoms with E-state index in [9.17, 15) is 9.59 Å². The van der Waals surface area contributed by atoms with Crippen LogP contribution in [0.2, 0.25) is 0 Å². The first-order valence-electron chi connectivity index (χ1n) is 6.15. The highest BCUT2D eigenvalue weighted by molar-refractivity contribution is 5.85. The Balaban J connectivity index is 2.54. The van der Waals surface area contributed by atoms with Crippen LogP contribution in [0.5, 0.6) is 0 Å². The standard InChI is InChI=1S/C12H22N2O3/c1-7(2)4-10(12(16)17)14-11(15)9-6-13-5-8(9)3/h7-10,13H,4-6H2,1-3H3,(H,14,15)(H,16,17). The first-order valence-corrected chi connectivity index (χ1v) is 6.15. The zero-order valence-corrected chi connectivity index (χ0v) is 10.7. The largest absolute Gasteiger partial charge is 0.480 e. The third kappa shape index (κ3) is 4.00. The van der Waals surface area contributed by atoms with Crippen molar-refractivity contribution in [1.29, 1.82) is 0 Å². The molecule has 0 bridgehead atoms. The molecule has 0 aromatic heterocycles. The maximum absolute atomic E-state index is 11.9. The summed E-state index contributed by atoms with van der Waals surface area (Å²) in [5.74, 6) is -0.691. The summed E-state index contributed by atoms with van der Waals surface area (Å²) in [6.45, 7) is 7.35. The summed E-state index contributed by atoms with van der Waals surface area (Å²) in [6.07, 6.45) is 0.468. The van der Waals surface area contributed by atoms with Gasteiger partial charge in [-0.25, -0.2) is 4.79 Å². The van der Waals surface area contributed by atoms with E-state index in [-0.39, 0.29) is 23.7 Å². The summed E-state index contributed by atoms with van der Waals surface area (Å²) >= 11 is 0. The van der Waals surface area contributed by atoms with Crippen molar-refractivity contribution < 1.29 is 14.7 Å². The number of amides is 1. The van der Waals surface area contributed by atoms with Gasteiger partial charge in [0.2, 0.25) is 5.91 Å². The lowest BCUT2D eigenvalue weighted by molar-refractivity contribution is -0.143. The topological polar surface area (TPSA) is 78.4 Å². The molecule has 98 valence electrons. The van der Waals surface area contributed by atoms with Crippen molar-refractivity contribution in [1.82, 2.24) is 10.6 Å². The molecule has 5 nitrogen and oxygen atoms in total. The lowest BCUT2D eigenvalue weighted by atomic mass is 9.96. The zero-order valence-electron chi connectivity index (χ0n) is 10.7. The smallest absolute Gasteiger partial charge is 0.326 e. The fraction of sp³-hybridized carbons (Fsp3) is 0.833. The summed E-state index contributed by atoms with van der Waals surface area (Å²) in [4.78, 5) is 23.0. The van der Waals surface area contributed by atoms with E-state index in [1.807, 2.05) is 20.8 Å². The number of carbonyl (C=O) groups excluding carboxylic acids is 1. The molecule has 1 aliphatic rings. The number of aliphatic carboxylic acids is 1. The van der Waals surface area contributed by atoms with Gasteiger partial charge in [0, 0.05) is 6.54 Å². The molecular weight excluding hydrogens is 220 g/mol. The molecule has 0 spiro atoms. The van der Waals surface area contributed by atoms with Gasteiger partial charge in [0.05, 0.1) is 5.92 Å². The summed E-state index contributed by atoms with van der Waals surface area (Å²) in [5, 5.41) is 14.8. The number of nitrogens with one attached hydrogen (secondary N) is 2. The van der Waals surface area contributed by atoms with Crippen molar-refractivity contribution in [3.05, 3.63) is 0 Å². The number of carboxylic acid groups (broad SMARTS) is 1. The summed E-state index contributed by atoms with van der Waals surface area (Å²) in [7, 11) is 0. The lowest BCUT2D eigenvalue weighted by Gasteiger charge is -2.20. The molecule has 1 fully saturated rings. The number of carboxylic acids is 1. The third-order valence-electron chi connectivity index (χ3n) is 3.18. The average Bonchev–Trinajstić information content (AvgIpc) is 2.62. The normalized spacial score (nSPS) is 25.9. The van der Waals surface area contributed by atoms with E-state index >= 15 is 0 Å². The second kappa shape index (κ2) is 6.00. The van der Waals surface area contributed by atoms with Crippen molar-refractivity contribution in [3.63, 3.8) is 0 Å². The quantitative estimate of drug-likeness (QED) is 0.654. The summed E-state index contributed by atoms with van der Waals surface area (Å²) in [6, 6.07) is -0.768. The lowest BCUT2D eigenvalue weighted by Crippen LogP contribution is -2.45. The van der Waals surface area contributed by atoms with Gasteiger partial charge in [-0.1, -0.05) is 20.8 Å². The van der Waals surface area contributed by atoms with Gasteiger partial charge in [-0.2, -0.15) is 0 Å². The molecule has 1 saturated heterocycles. The van der Waals surface area contributed by atoms with Crippen LogP contribution in [0.15, 0.2) is 0 Å². The SMILES string of the molecule is CC(C)CC(NC(=O)C1CNCC1C)C(=O)O.